The third-order valence-corrected chi connectivity index (χ3v) is 5.73. The minimum Gasteiger partial charge on any atom is -0.317 e. The second kappa shape index (κ2) is 5.21. The molecule has 3 heterocycles. The van der Waals surface area contributed by atoms with E-state index in [1.165, 1.54) is 19.3 Å². The second-order valence-electron chi connectivity index (χ2n) is 6.95. The van der Waals surface area contributed by atoms with E-state index in [9.17, 15) is 0 Å². The third kappa shape index (κ3) is 2.20. The van der Waals surface area contributed by atoms with Crippen molar-refractivity contribution in [1.82, 2.24) is 5.32 Å². The van der Waals surface area contributed by atoms with Crippen molar-refractivity contribution in [2.24, 2.45) is 5.92 Å². The summed E-state index contributed by atoms with van der Waals surface area (Å²) >= 11 is 0. The Kier molecular flexibility index (Phi) is 3.51. The van der Waals surface area contributed by atoms with Gasteiger partial charge in [-0.25, -0.2) is 19.6 Å². The maximum Gasteiger partial charge on any atom is 0.111 e. The number of hydrogen-bond donors (Lipinski definition) is 1. The van der Waals surface area contributed by atoms with Crippen molar-refractivity contribution >= 4 is 0 Å². The zero-order valence-electron chi connectivity index (χ0n) is 12.1. The van der Waals surface area contributed by atoms with Crippen LogP contribution in [0.25, 0.3) is 0 Å². The van der Waals surface area contributed by atoms with Gasteiger partial charge in [-0.1, -0.05) is 19.3 Å². The van der Waals surface area contributed by atoms with E-state index < -0.39 is 0 Å². The summed E-state index contributed by atoms with van der Waals surface area (Å²) in [6, 6.07) is 0. The normalized spacial score (nSPS) is 39.6. The maximum atomic E-state index is 5.79. The van der Waals surface area contributed by atoms with E-state index in [1.807, 2.05) is 0 Å². The summed E-state index contributed by atoms with van der Waals surface area (Å²) in [5.41, 5.74) is -0.168. The van der Waals surface area contributed by atoms with Crippen molar-refractivity contribution in [3.63, 3.8) is 0 Å². The molecule has 0 radical (unpaired) electrons. The molecule has 0 aromatic carbocycles. The first-order valence-electron chi connectivity index (χ1n) is 8.18. The van der Waals surface area contributed by atoms with Crippen LogP contribution in [0.4, 0.5) is 0 Å². The van der Waals surface area contributed by atoms with Crippen molar-refractivity contribution in [1.29, 1.82) is 0 Å². The standard InChI is InChI=1S/C15H25NO4/c1-2-4-15(5-3-1)12(11-17-20-15)13-10-14(19-18-13)6-8-16-9-7-14/h12-13,16H,1-11H2. The van der Waals surface area contributed by atoms with Gasteiger partial charge in [0, 0.05) is 12.3 Å². The molecule has 2 unspecified atom stereocenters. The van der Waals surface area contributed by atoms with Gasteiger partial charge < -0.3 is 5.32 Å². The molecule has 0 aromatic heterocycles. The molecule has 1 aliphatic carbocycles. The summed E-state index contributed by atoms with van der Waals surface area (Å²) in [6.45, 7) is 2.71. The van der Waals surface area contributed by atoms with Crippen LogP contribution in [0.2, 0.25) is 0 Å². The van der Waals surface area contributed by atoms with Crippen LogP contribution in [-0.2, 0) is 19.6 Å². The molecule has 3 aliphatic heterocycles. The Morgan fingerprint density at radius 1 is 0.900 bits per heavy atom. The van der Waals surface area contributed by atoms with Gasteiger partial charge in [0.1, 0.15) is 17.3 Å². The lowest BCUT2D eigenvalue weighted by atomic mass is 9.72. The average Bonchev–Trinajstić information content (AvgIpc) is 3.06. The fourth-order valence-corrected chi connectivity index (χ4v) is 4.47. The highest BCUT2D eigenvalue weighted by Gasteiger charge is 2.55. The molecule has 4 aliphatic rings. The van der Waals surface area contributed by atoms with E-state index in [0.29, 0.717) is 12.5 Å². The van der Waals surface area contributed by atoms with Gasteiger partial charge in [-0.2, -0.15) is 0 Å². The topological polar surface area (TPSA) is 49.0 Å². The minimum absolute atomic E-state index is 0.0611. The first-order chi connectivity index (χ1) is 9.82. The summed E-state index contributed by atoms with van der Waals surface area (Å²) in [5, 5.41) is 3.39. The highest BCUT2D eigenvalue weighted by molar-refractivity contribution is 5.00. The van der Waals surface area contributed by atoms with Gasteiger partial charge in [0.2, 0.25) is 0 Å². The monoisotopic (exact) mass is 283 g/mol. The Balaban J connectivity index is 1.47. The van der Waals surface area contributed by atoms with E-state index >= 15 is 0 Å². The molecule has 0 bridgehead atoms. The molecule has 2 spiro atoms. The van der Waals surface area contributed by atoms with Crippen molar-refractivity contribution < 1.29 is 19.6 Å². The quantitative estimate of drug-likeness (QED) is 0.747. The number of rotatable bonds is 1. The van der Waals surface area contributed by atoms with E-state index in [0.717, 1.165) is 45.2 Å². The molecule has 0 amide bonds. The summed E-state index contributed by atoms with van der Waals surface area (Å²) in [7, 11) is 0. The van der Waals surface area contributed by atoms with Crippen LogP contribution < -0.4 is 5.32 Å². The van der Waals surface area contributed by atoms with E-state index in [-0.39, 0.29) is 17.3 Å². The highest BCUT2D eigenvalue weighted by Crippen LogP contribution is 2.48. The van der Waals surface area contributed by atoms with E-state index in [2.05, 4.69) is 5.32 Å². The Morgan fingerprint density at radius 3 is 2.50 bits per heavy atom. The number of piperidine rings is 1. The molecule has 5 nitrogen and oxygen atoms in total. The molecule has 114 valence electrons. The lowest BCUT2D eigenvalue weighted by Crippen LogP contribution is -2.45. The molecule has 1 saturated carbocycles. The summed E-state index contributed by atoms with van der Waals surface area (Å²) in [4.78, 5) is 22.7. The molecular formula is C15H25NO4. The smallest absolute Gasteiger partial charge is 0.111 e. The Morgan fingerprint density at radius 2 is 1.70 bits per heavy atom. The van der Waals surface area contributed by atoms with Gasteiger partial charge in [0.15, 0.2) is 0 Å². The molecule has 1 N–H and O–H groups in total. The largest absolute Gasteiger partial charge is 0.317 e. The van der Waals surface area contributed by atoms with Crippen LogP contribution in [0.1, 0.15) is 51.4 Å². The van der Waals surface area contributed by atoms with Gasteiger partial charge in [-0.3, -0.25) is 0 Å². The summed E-state index contributed by atoms with van der Waals surface area (Å²) < 4.78 is 0. The zero-order chi connectivity index (χ0) is 13.5. The maximum absolute atomic E-state index is 5.79. The SMILES string of the molecule is C1CCC2(CC1)OOCC2C1CC2(CCNCC2)OO1. The summed E-state index contributed by atoms with van der Waals surface area (Å²) in [6.07, 6.45) is 9.22. The predicted octanol–water partition coefficient (Wildman–Crippen LogP) is 2.11. The lowest BCUT2D eigenvalue weighted by Gasteiger charge is -2.37. The lowest BCUT2D eigenvalue weighted by molar-refractivity contribution is -0.342. The van der Waals surface area contributed by atoms with Gasteiger partial charge in [0.05, 0.1) is 6.61 Å². The van der Waals surface area contributed by atoms with E-state index in [1.54, 1.807) is 0 Å². The third-order valence-electron chi connectivity index (χ3n) is 5.73. The first kappa shape index (κ1) is 13.5. The molecule has 5 heteroatoms. The predicted molar refractivity (Wildman–Crippen MR) is 71.8 cm³/mol. The number of nitrogens with one attached hydrogen (secondary N) is 1. The van der Waals surface area contributed by atoms with Gasteiger partial charge in [0.25, 0.3) is 0 Å². The number of hydrogen-bond acceptors (Lipinski definition) is 5. The molecule has 4 fully saturated rings. The zero-order valence-corrected chi connectivity index (χ0v) is 12.1. The van der Waals surface area contributed by atoms with Crippen molar-refractivity contribution in [3.8, 4) is 0 Å². The van der Waals surface area contributed by atoms with Crippen molar-refractivity contribution in [3.05, 3.63) is 0 Å². The Labute approximate surface area is 120 Å². The van der Waals surface area contributed by atoms with Crippen LogP contribution in [0, 0.1) is 5.92 Å². The van der Waals surface area contributed by atoms with Gasteiger partial charge >= 0.3 is 0 Å². The molecule has 0 aromatic rings. The van der Waals surface area contributed by atoms with Crippen LogP contribution >= 0.6 is 0 Å². The minimum atomic E-state index is -0.106. The fourth-order valence-electron chi connectivity index (χ4n) is 4.47. The fraction of sp³-hybridized carbons (Fsp3) is 1.00. The molecule has 2 atom stereocenters. The van der Waals surface area contributed by atoms with Crippen molar-refractivity contribution in [2.45, 2.75) is 68.7 Å². The first-order valence-corrected chi connectivity index (χ1v) is 8.18. The molecule has 3 saturated heterocycles. The molecule has 4 rings (SSSR count). The van der Waals surface area contributed by atoms with Crippen LogP contribution in [-0.4, -0.2) is 37.0 Å². The van der Waals surface area contributed by atoms with Crippen LogP contribution in [0.3, 0.4) is 0 Å². The average molecular weight is 283 g/mol. The second-order valence-corrected chi connectivity index (χ2v) is 6.95. The molecular weight excluding hydrogens is 258 g/mol. The molecule has 20 heavy (non-hydrogen) atoms. The highest BCUT2D eigenvalue weighted by atomic mass is 17.2. The van der Waals surface area contributed by atoms with Crippen LogP contribution in [0.15, 0.2) is 0 Å². The van der Waals surface area contributed by atoms with Crippen molar-refractivity contribution in [2.75, 3.05) is 19.7 Å². The van der Waals surface area contributed by atoms with Gasteiger partial charge in [-0.05, 0) is 38.8 Å². The Hall–Kier alpha value is -0.200. The Bertz CT molecular complexity index is 350. The summed E-state index contributed by atoms with van der Waals surface area (Å²) in [5.74, 6) is 0.331. The van der Waals surface area contributed by atoms with Gasteiger partial charge in [-0.15, -0.1) is 0 Å². The van der Waals surface area contributed by atoms with Crippen LogP contribution in [0.5, 0.6) is 0 Å². The van der Waals surface area contributed by atoms with E-state index in [4.69, 9.17) is 19.6 Å².